The van der Waals surface area contributed by atoms with Crippen molar-refractivity contribution < 1.29 is 14.6 Å². The third kappa shape index (κ3) is 5.06. The van der Waals surface area contributed by atoms with E-state index in [4.69, 9.17) is 9.47 Å². The Balaban J connectivity index is 2.53. The second-order valence-corrected chi connectivity index (χ2v) is 4.82. The largest absolute Gasteiger partial charge is 0.493 e. The van der Waals surface area contributed by atoms with Gasteiger partial charge in [-0.15, -0.1) is 0 Å². The smallest absolute Gasteiger partial charge is 0.126 e. The fourth-order valence-electron chi connectivity index (χ4n) is 1.51. The van der Waals surface area contributed by atoms with Crippen molar-refractivity contribution in [3.8, 4) is 5.75 Å². The standard InChI is InChI=1S/C13H19BrO3/c1-10(15)12-6-5-11(14)9-13(12)17-8-4-3-7-16-2/h5-6,9-10,15H,3-4,7-8H2,1-2H3. The minimum Gasteiger partial charge on any atom is -0.493 e. The van der Waals surface area contributed by atoms with E-state index in [0.29, 0.717) is 6.61 Å². The van der Waals surface area contributed by atoms with Gasteiger partial charge in [0.15, 0.2) is 0 Å². The molecule has 0 saturated heterocycles. The van der Waals surface area contributed by atoms with Crippen molar-refractivity contribution in [2.24, 2.45) is 0 Å². The minimum atomic E-state index is -0.517. The number of methoxy groups -OCH3 is 1. The number of hydrogen-bond acceptors (Lipinski definition) is 3. The van der Waals surface area contributed by atoms with E-state index in [1.807, 2.05) is 18.2 Å². The highest BCUT2D eigenvalue weighted by atomic mass is 79.9. The van der Waals surface area contributed by atoms with E-state index in [-0.39, 0.29) is 0 Å². The molecule has 0 radical (unpaired) electrons. The molecule has 0 saturated carbocycles. The van der Waals surface area contributed by atoms with Gasteiger partial charge in [0.1, 0.15) is 5.75 Å². The second kappa shape index (κ2) is 7.69. The van der Waals surface area contributed by atoms with Gasteiger partial charge in [-0.25, -0.2) is 0 Å². The van der Waals surface area contributed by atoms with Crippen LogP contribution >= 0.6 is 15.9 Å². The van der Waals surface area contributed by atoms with Crippen molar-refractivity contribution in [2.45, 2.75) is 25.9 Å². The van der Waals surface area contributed by atoms with Gasteiger partial charge in [0.05, 0.1) is 12.7 Å². The Morgan fingerprint density at radius 1 is 1.29 bits per heavy atom. The third-order valence-corrected chi connectivity index (χ3v) is 2.92. The van der Waals surface area contributed by atoms with Gasteiger partial charge in [0.25, 0.3) is 0 Å². The lowest BCUT2D eigenvalue weighted by atomic mass is 10.1. The Morgan fingerprint density at radius 3 is 2.65 bits per heavy atom. The number of aliphatic hydroxyl groups excluding tert-OH is 1. The molecule has 0 heterocycles. The van der Waals surface area contributed by atoms with Crippen LogP contribution < -0.4 is 4.74 Å². The number of hydrogen-bond donors (Lipinski definition) is 1. The van der Waals surface area contributed by atoms with Gasteiger partial charge < -0.3 is 14.6 Å². The third-order valence-electron chi connectivity index (χ3n) is 2.43. The fourth-order valence-corrected chi connectivity index (χ4v) is 1.85. The zero-order valence-corrected chi connectivity index (χ0v) is 11.9. The molecule has 1 atom stereocenters. The fraction of sp³-hybridized carbons (Fsp3) is 0.538. The summed E-state index contributed by atoms with van der Waals surface area (Å²) in [6.07, 6.45) is 1.41. The highest BCUT2D eigenvalue weighted by molar-refractivity contribution is 9.10. The Bertz CT molecular complexity index is 339. The lowest BCUT2D eigenvalue weighted by molar-refractivity contribution is 0.178. The predicted molar refractivity (Wildman–Crippen MR) is 71.4 cm³/mol. The molecular weight excluding hydrogens is 284 g/mol. The van der Waals surface area contributed by atoms with E-state index in [0.717, 1.165) is 35.2 Å². The van der Waals surface area contributed by atoms with Gasteiger partial charge in [0, 0.05) is 23.8 Å². The summed E-state index contributed by atoms with van der Waals surface area (Å²) >= 11 is 3.40. The van der Waals surface area contributed by atoms with Crippen LogP contribution in [0.1, 0.15) is 31.4 Å². The monoisotopic (exact) mass is 302 g/mol. The normalized spacial score (nSPS) is 12.5. The first-order chi connectivity index (χ1) is 8.15. The summed E-state index contributed by atoms with van der Waals surface area (Å²) in [5.74, 6) is 0.742. The number of aliphatic hydroxyl groups is 1. The maximum Gasteiger partial charge on any atom is 0.126 e. The van der Waals surface area contributed by atoms with Crippen molar-refractivity contribution in [2.75, 3.05) is 20.3 Å². The average molecular weight is 303 g/mol. The average Bonchev–Trinajstić information content (AvgIpc) is 2.28. The molecule has 1 aromatic rings. The van der Waals surface area contributed by atoms with Crippen LogP contribution in [0.4, 0.5) is 0 Å². The lowest BCUT2D eigenvalue weighted by Gasteiger charge is -2.13. The lowest BCUT2D eigenvalue weighted by Crippen LogP contribution is -2.03. The van der Waals surface area contributed by atoms with Crippen LogP contribution in [0.3, 0.4) is 0 Å². The summed E-state index contributed by atoms with van der Waals surface area (Å²) < 4.78 is 11.6. The predicted octanol–water partition coefficient (Wildman–Crippen LogP) is 3.31. The summed E-state index contributed by atoms with van der Waals surface area (Å²) in [5.41, 5.74) is 0.819. The molecule has 0 fully saturated rings. The van der Waals surface area contributed by atoms with E-state index in [2.05, 4.69) is 15.9 Å². The van der Waals surface area contributed by atoms with Crippen LogP contribution in [0, 0.1) is 0 Å². The van der Waals surface area contributed by atoms with Crippen LogP contribution in [-0.2, 0) is 4.74 Å². The first-order valence-corrected chi connectivity index (χ1v) is 6.53. The molecule has 0 aromatic heterocycles. The molecule has 1 unspecified atom stereocenters. The molecule has 1 aromatic carbocycles. The Morgan fingerprint density at radius 2 is 2.00 bits per heavy atom. The van der Waals surface area contributed by atoms with Crippen LogP contribution in [0.5, 0.6) is 5.75 Å². The Kier molecular flexibility index (Phi) is 6.55. The molecule has 1 rings (SSSR count). The number of halogens is 1. The van der Waals surface area contributed by atoms with Gasteiger partial charge in [-0.1, -0.05) is 22.0 Å². The zero-order chi connectivity index (χ0) is 12.7. The maximum absolute atomic E-state index is 9.62. The molecule has 0 bridgehead atoms. The number of unbranched alkanes of at least 4 members (excludes halogenated alkanes) is 1. The molecule has 17 heavy (non-hydrogen) atoms. The molecule has 0 spiro atoms. The van der Waals surface area contributed by atoms with Gasteiger partial charge in [-0.05, 0) is 31.9 Å². The summed E-state index contributed by atoms with van der Waals surface area (Å²) in [6, 6.07) is 5.66. The SMILES string of the molecule is COCCCCOc1cc(Br)ccc1C(C)O. The Labute approximate surface area is 111 Å². The quantitative estimate of drug-likeness (QED) is 0.785. The first kappa shape index (κ1) is 14.5. The van der Waals surface area contributed by atoms with E-state index in [9.17, 15) is 5.11 Å². The highest BCUT2D eigenvalue weighted by Gasteiger charge is 2.09. The van der Waals surface area contributed by atoms with Crippen LogP contribution in [0.25, 0.3) is 0 Å². The van der Waals surface area contributed by atoms with Crippen LogP contribution in [0.2, 0.25) is 0 Å². The summed E-state index contributed by atoms with van der Waals surface area (Å²) in [7, 11) is 1.70. The van der Waals surface area contributed by atoms with E-state index in [1.165, 1.54) is 0 Å². The molecule has 1 N–H and O–H groups in total. The summed E-state index contributed by atoms with van der Waals surface area (Å²) in [5, 5.41) is 9.62. The van der Waals surface area contributed by atoms with Crippen molar-refractivity contribution in [3.05, 3.63) is 28.2 Å². The molecule has 0 aliphatic heterocycles. The number of ether oxygens (including phenoxy) is 2. The summed E-state index contributed by atoms with van der Waals surface area (Å²) in [6.45, 7) is 3.13. The van der Waals surface area contributed by atoms with Gasteiger partial charge in [0.2, 0.25) is 0 Å². The van der Waals surface area contributed by atoms with Crippen molar-refractivity contribution in [1.82, 2.24) is 0 Å². The topological polar surface area (TPSA) is 38.7 Å². The van der Waals surface area contributed by atoms with Crippen LogP contribution in [0.15, 0.2) is 22.7 Å². The van der Waals surface area contributed by atoms with Crippen molar-refractivity contribution in [3.63, 3.8) is 0 Å². The molecule has 0 aliphatic carbocycles. The molecule has 0 amide bonds. The van der Waals surface area contributed by atoms with Crippen molar-refractivity contribution >= 4 is 15.9 Å². The summed E-state index contributed by atoms with van der Waals surface area (Å²) in [4.78, 5) is 0. The second-order valence-electron chi connectivity index (χ2n) is 3.91. The first-order valence-electron chi connectivity index (χ1n) is 5.74. The maximum atomic E-state index is 9.62. The Hall–Kier alpha value is -0.580. The van der Waals surface area contributed by atoms with E-state index in [1.54, 1.807) is 14.0 Å². The molecular formula is C13H19BrO3. The molecule has 3 nitrogen and oxygen atoms in total. The van der Waals surface area contributed by atoms with Gasteiger partial charge >= 0.3 is 0 Å². The minimum absolute atomic E-state index is 0.517. The number of rotatable bonds is 7. The highest BCUT2D eigenvalue weighted by Crippen LogP contribution is 2.28. The van der Waals surface area contributed by atoms with E-state index < -0.39 is 6.10 Å². The zero-order valence-electron chi connectivity index (χ0n) is 10.3. The molecule has 96 valence electrons. The van der Waals surface area contributed by atoms with E-state index >= 15 is 0 Å². The molecule has 4 heteroatoms. The van der Waals surface area contributed by atoms with Gasteiger partial charge in [-0.2, -0.15) is 0 Å². The van der Waals surface area contributed by atoms with Crippen molar-refractivity contribution in [1.29, 1.82) is 0 Å². The number of benzene rings is 1. The van der Waals surface area contributed by atoms with Gasteiger partial charge in [-0.3, -0.25) is 0 Å². The molecule has 0 aliphatic rings. The van der Waals surface area contributed by atoms with Crippen LogP contribution in [-0.4, -0.2) is 25.4 Å².